The zero-order valence-corrected chi connectivity index (χ0v) is 7.50. The molecule has 5 heteroatoms. The van der Waals surface area contributed by atoms with E-state index in [9.17, 15) is 9.59 Å². The summed E-state index contributed by atoms with van der Waals surface area (Å²) >= 11 is 1.32. The first-order chi connectivity index (χ1) is 6.09. The Hall–Kier alpha value is -1.36. The predicted molar refractivity (Wildman–Crippen MR) is 47.0 cm³/mol. The zero-order chi connectivity index (χ0) is 9.84. The SMILES string of the molecule is O=C(O)Cc1cscc1CC(=O)O. The number of rotatable bonds is 4. The maximum absolute atomic E-state index is 10.4. The minimum Gasteiger partial charge on any atom is -0.481 e. The Balaban J connectivity index is 2.76. The first-order valence-electron chi connectivity index (χ1n) is 3.57. The highest BCUT2D eigenvalue weighted by molar-refractivity contribution is 7.08. The molecule has 0 aliphatic carbocycles. The van der Waals surface area contributed by atoms with Gasteiger partial charge in [0.2, 0.25) is 0 Å². The van der Waals surface area contributed by atoms with Crippen molar-refractivity contribution in [3.8, 4) is 0 Å². The number of aliphatic carboxylic acids is 2. The standard InChI is InChI=1S/C8H8O4S/c9-7(10)1-5-3-13-4-6(5)2-8(11)12/h3-4H,1-2H2,(H,9,10)(H,11,12). The summed E-state index contributed by atoms with van der Waals surface area (Å²) in [7, 11) is 0. The van der Waals surface area contributed by atoms with Crippen LogP contribution >= 0.6 is 11.3 Å². The smallest absolute Gasteiger partial charge is 0.307 e. The highest BCUT2D eigenvalue weighted by Crippen LogP contribution is 2.16. The second-order valence-corrected chi connectivity index (χ2v) is 3.31. The maximum Gasteiger partial charge on any atom is 0.307 e. The van der Waals surface area contributed by atoms with Crippen molar-refractivity contribution in [1.29, 1.82) is 0 Å². The Kier molecular flexibility index (Phi) is 3.02. The van der Waals surface area contributed by atoms with Crippen molar-refractivity contribution >= 4 is 23.3 Å². The lowest BCUT2D eigenvalue weighted by molar-refractivity contribution is -0.137. The van der Waals surface area contributed by atoms with Gasteiger partial charge < -0.3 is 10.2 Å². The van der Waals surface area contributed by atoms with Gasteiger partial charge in [0, 0.05) is 0 Å². The average molecular weight is 200 g/mol. The molecule has 1 aromatic heterocycles. The third-order valence-electron chi connectivity index (χ3n) is 1.52. The number of thiophene rings is 1. The molecule has 0 spiro atoms. The van der Waals surface area contributed by atoms with Crippen molar-refractivity contribution in [2.45, 2.75) is 12.8 Å². The number of carboxylic acid groups (broad SMARTS) is 2. The van der Waals surface area contributed by atoms with Crippen molar-refractivity contribution < 1.29 is 19.8 Å². The molecule has 0 aromatic carbocycles. The fourth-order valence-corrected chi connectivity index (χ4v) is 1.85. The number of hydrogen-bond acceptors (Lipinski definition) is 3. The van der Waals surface area contributed by atoms with Gasteiger partial charge in [0.05, 0.1) is 12.8 Å². The minimum absolute atomic E-state index is 0.105. The topological polar surface area (TPSA) is 74.6 Å². The summed E-state index contributed by atoms with van der Waals surface area (Å²) in [5, 5.41) is 20.3. The summed E-state index contributed by atoms with van der Waals surface area (Å²) in [5.41, 5.74) is 1.19. The molecule has 2 N–H and O–H groups in total. The highest BCUT2D eigenvalue weighted by Gasteiger charge is 2.10. The molecule has 1 heterocycles. The van der Waals surface area contributed by atoms with Crippen molar-refractivity contribution in [1.82, 2.24) is 0 Å². The second-order valence-electron chi connectivity index (χ2n) is 2.56. The first-order valence-corrected chi connectivity index (χ1v) is 4.51. The van der Waals surface area contributed by atoms with Crippen LogP contribution < -0.4 is 0 Å². The van der Waals surface area contributed by atoms with Gasteiger partial charge in [0.1, 0.15) is 0 Å². The van der Waals surface area contributed by atoms with Crippen LogP contribution in [0.25, 0.3) is 0 Å². The van der Waals surface area contributed by atoms with Gasteiger partial charge in [-0.3, -0.25) is 9.59 Å². The number of hydrogen-bond donors (Lipinski definition) is 2. The van der Waals surface area contributed by atoms with E-state index in [1.54, 1.807) is 10.8 Å². The lowest BCUT2D eigenvalue weighted by Gasteiger charge is -1.96. The Morgan fingerprint density at radius 3 is 1.77 bits per heavy atom. The highest BCUT2D eigenvalue weighted by atomic mass is 32.1. The Bertz CT molecular complexity index is 298. The first kappa shape index (κ1) is 9.73. The molecule has 0 aliphatic heterocycles. The molecule has 0 saturated heterocycles. The van der Waals surface area contributed by atoms with Crippen LogP contribution in [-0.4, -0.2) is 22.2 Å². The van der Waals surface area contributed by atoms with Gasteiger partial charge in [-0.15, -0.1) is 0 Å². The molecule has 0 atom stereocenters. The van der Waals surface area contributed by atoms with Crippen LogP contribution in [0.1, 0.15) is 11.1 Å². The average Bonchev–Trinajstić information content (AvgIpc) is 2.34. The van der Waals surface area contributed by atoms with Crippen LogP contribution in [0.4, 0.5) is 0 Å². The van der Waals surface area contributed by atoms with Gasteiger partial charge in [0.25, 0.3) is 0 Å². The molecule has 0 unspecified atom stereocenters. The van der Waals surface area contributed by atoms with Gasteiger partial charge in [-0.1, -0.05) is 0 Å². The van der Waals surface area contributed by atoms with Crippen LogP contribution in [0.2, 0.25) is 0 Å². The summed E-state index contributed by atoms with van der Waals surface area (Å²) in [6.07, 6.45) is -0.210. The van der Waals surface area contributed by atoms with Crippen LogP contribution in [0, 0.1) is 0 Å². The summed E-state index contributed by atoms with van der Waals surface area (Å²) in [4.78, 5) is 20.7. The van der Waals surface area contributed by atoms with Gasteiger partial charge in [-0.2, -0.15) is 11.3 Å². The lowest BCUT2D eigenvalue weighted by Crippen LogP contribution is -2.05. The van der Waals surface area contributed by atoms with E-state index in [0.29, 0.717) is 11.1 Å². The summed E-state index contributed by atoms with van der Waals surface area (Å²) in [6, 6.07) is 0. The van der Waals surface area contributed by atoms with E-state index in [-0.39, 0.29) is 12.8 Å². The predicted octanol–water partition coefficient (Wildman–Crippen LogP) is 1.00. The van der Waals surface area contributed by atoms with E-state index in [1.807, 2.05) is 0 Å². The van der Waals surface area contributed by atoms with Crippen molar-refractivity contribution in [3.63, 3.8) is 0 Å². The molecular formula is C8H8O4S. The number of carboxylic acids is 2. The molecule has 0 aliphatic rings. The zero-order valence-electron chi connectivity index (χ0n) is 6.69. The third-order valence-corrected chi connectivity index (χ3v) is 2.36. The van der Waals surface area contributed by atoms with Crippen LogP contribution in [-0.2, 0) is 22.4 Å². The van der Waals surface area contributed by atoms with E-state index < -0.39 is 11.9 Å². The molecule has 70 valence electrons. The summed E-state index contributed by atoms with van der Waals surface area (Å²) in [5.74, 6) is -1.88. The molecule has 13 heavy (non-hydrogen) atoms. The van der Waals surface area contributed by atoms with E-state index in [4.69, 9.17) is 10.2 Å². The maximum atomic E-state index is 10.4. The van der Waals surface area contributed by atoms with Gasteiger partial charge in [0.15, 0.2) is 0 Å². The van der Waals surface area contributed by atoms with Crippen LogP contribution in [0.5, 0.6) is 0 Å². The summed E-state index contributed by atoms with van der Waals surface area (Å²) in [6.45, 7) is 0. The van der Waals surface area contributed by atoms with Crippen molar-refractivity contribution in [2.24, 2.45) is 0 Å². The van der Waals surface area contributed by atoms with Crippen LogP contribution in [0.15, 0.2) is 10.8 Å². The van der Waals surface area contributed by atoms with Crippen LogP contribution in [0.3, 0.4) is 0 Å². The van der Waals surface area contributed by atoms with E-state index >= 15 is 0 Å². The Labute approximate surface area is 78.4 Å². The molecule has 0 amide bonds. The second kappa shape index (κ2) is 4.04. The molecule has 0 fully saturated rings. The summed E-state index contributed by atoms with van der Waals surface area (Å²) < 4.78 is 0. The Morgan fingerprint density at radius 2 is 1.46 bits per heavy atom. The molecule has 1 aromatic rings. The molecule has 0 bridgehead atoms. The minimum atomic E-state index is -0.940. The fraction of sp³-hybridized carbons (Fsp3) is 0.250. The van der Waals surface area contributed by atoms with E-state index in [0.717, 1.165) is 0 Å². The van der Waals surface area contributed by atoms with E-state index in [2.05, 4.69) is 0 Å². The number of carbonyl (C=O) groups is 2. The Morgan fingerprint density at radius 1 is 1.08 bits per heavy atom. The molecular weight excluding hydrogens is 192 g/mol. The largest absolute Gasteiger partial charge is 0.481 e. The molecule has 0 radical (unpaired) electrons. The van der Waals surface area contributed by atoms with Crippen molar-refractivity contribution in [3.05, 3.63) is 21.9 Å². The molecule has 0 saturated carbocycles. The third kappa shape index (κ3) is 2.87. The lowest BCUT2D eigenvalue weighted by atomic mass is 10.1. The van der Waals surface area contributed by atoms with Gasteiger partial charge >= 0.3 is 11.9 Å². The monoisotopic (exact) mass is 200 g/mol. The van der Waals surface area contributed by atoms with E-state index in [1.165, 1.54) is 11.3 Å². The molecule has 4 nitrogen and oxygen atoms in total. The van der Waals surface area contributed by atoms with Crippen molar-refractivity contribution in [2.75, 3.05) is 0 Å². The van der Waals surface area contributed by atoms with Gasteiger partial charge in [-0.05, 0) is 21.9 Å². The quantitative estimate of drug-likeness (QED) is 0.760. The normalized spacial score (nSPS) is 9.85. The van der Waals surface area contributed by atoms with Gasteiger partial charge in [-0.25, -0.2) is 0 Å². The molecule has 1 rings (SSSR count). The fourth-order valence-electron chi connectivity index (χ4n) is 0.986.